The van der Waals surface area contributed by atoms with Gasteiger partial charge in [0.05, 0.1) is 17.5 Å². The highest BCUT2D eigenvalue weighted by molar-refractivity contribution is 6.11. The summed E-state index contributed by atoms with van der Waals surface area (Å²) in [6.45, 7) is 2.26. The zero-order valence-electron chi connectivity index (χ0n) is 18.0. The number of amides is 1. The van der Waals surface area contributed by atoms with Gasteiger partial charge < -0.3 is 9.73 Å². The van der Waals surface area contributed by atoms with Crippen molar-refractivity contribution in [2.75, 3.05) is 5.32 Å². The molecular formula is C27H21N3O3. The van der Waals surface area contributed by atoms with Gasteiger partial charge in [0.2, 0.25) is 0 Å². The summed E-state index contributed by atoms with van der Waals surface area (Å²) in [6, 6.07) is 23.9. The molecule has 0 radical (unpaired) electrons. The van der Waals surface area contributed by atoms with Gasteiger partial charge in [-0.2, -0.15) is 5.10 Å². The third kappa shape index (κ3) is 3.94. The number of aromatic nitrogens is 2. The first-order valence-electron chi connectivity index (χ1n) is 10.6. The lowest BCUT2D eigenvalue weighted by Gasteiger charge is -2.13. The molecule has 0 fully saturated rings. The molecule has 0 aliphatic carbocycles. The monoisotopic (exact) mass is 435 g/mol. The maximum Gasteiger partial charge on any atom is 0.259 e. The van der Waals surface area contributed by atoms with Crippen molar-refractivity contribution in [1.29, 1.82) is 0 Å². The molecule has 0 unspecified atom stereocenters. The van der Waals surface area contributed by atoms with Gasteiger partial charge in [0.1, 0.15) is 5.76 Å². The van der Waals surface area contributed by atoms with Gasteiger partial charge in [-0.1, -0.05) is 54.6 Å². The normalized spacial score (nSPS) is 10.9. The number of benzene rings is 3. The van der Waals surface area contributed by atoms with Crippen LogP contribution in [0, 0.1) is 6.92 Å². The van der Waals surface area contributed by atoms with Gasteiger partial charge in [-0.15, -0.1) is 0 Å². The predicted molar refractivity (Wildman–Crippen MR) is 128 cm³/mol. The van der Waals surface area contributed by atoms with Gasteiger partial charge in [-0.05, 0) is 36.8 Å². The Morgan fingerprint density at radius 2 is 1.76 bits per heavy atom. The van der Waals surface area contributed by atoms with Crippen LogP contribution in [0.25, 0.3) is 22.3 Å². The summed E-state index contributed by atoms with van der Waals surface area (Å²) in [5, 5.41) is 7.60. The van der Waals surface area contributed by atoms with Crippen molar-refractivity contribution >= 4 is 22.6 Å². The van der Waals surface area contributed by atoms with Crippen molar-refractivity contribution < 1.29 is 9.21 Å². The van der Waals surface area contributed by atoms with E-state index >= 15 is 0 Å². The Kier molecular flexibility index (Phi) is 5.32. The van der Waals surface area contributed by atoms with Crippen molar-refractivity contribution in [3.05, 3.63) is 118 Å². The molecule has 0 aliphatic rings. The SMILES string of the molecule is Cc1c(-c2ccccc2)oc2c(C(=O)Nc3ccccc3Cn3cccn3)cccc2c1=O. The predicted octanol–water partition coefficient (Wildman–Crippen LogP) is 5.27. The molecule has 0 spiro atoms. The van der Waals surface area contributed by atoms with Gasteiger partial charge in [-0.3, -0.25) is 14.3 Å². The number of carbonyl (C=O) groups excluding carboxylic acids is 1. The number of para-hydroxylation sites is 2. The Morgan fingerprint density at radius 1 is 0.970 bits per heavy atom. The van der Waals surface area contributed by atoms with Crippen LogP contribution in [-0.4, -0.2) is 15.7 Å². The van der Waals surface area contributed by atoms with E-state index < -0.39 is 0 Å². The van der Waals surface area contributed by atoms with E-state index in [1.165, 1.54) is 0 Å². The molecule has 1 amide bonds. The third-order valence-electron chi connectivity index (χ3n) is 5.58. The highest BCUT2D eigenvalue weighted by Gasteiger charge is 2.19. The number of hydrogen-bond donors (Lipinski definition) is 1. The molecule has 0 saturated heterocycles. The summed E-state index contributed by atoms with van der Waals surface area (Å²) in [4.78, 5) is 26.4. The lowest BCUT2D eigenvalue weighted by atomic mass is 10.0. The average molecular weight is 435 g/mol. The largest absolute Gasteiger partial charge is 0.455 e. The summed E-state index contributed by atoms with van der Waals surface area (Å²) < 4.78 is 7.98. The first-order chi connectivity index (χ1) is 16.1. The minimum Gasteiger partial charge on any atom is -0.455 e. The Labute approximate surface area is 190 Å². The molecule has 2 aromatic heterocycles. The fourth-order valence-corrected chi connectivity index (χ4v) is 3.89. The number of hydrogen-bond acceptors (Lipinski definition) is 4. The zero-order chi connectivity index (χ0) is 22.8. The van der Waals surface area contributed by atoms with Crippen LogP contribution in [0.2, 0.25) is 0 Å². The molecule has 3 aromatic carbocycles. The second-order valence-corrected chi connectivity index (χ2v) is 7.75. The molecule has 2 heterocycles. The van der Waals surface area contributed by atoms with Crippen LogP contribution in [-0.2, 0) is 6.54 Å². The van der Waals surface area contributed by atoms with Gasteiger partial charge in [-0.25, -0.2) is 0 Å². The summed E-state index contributed by atoms with van der Waals surface area (Å²) in [5.74, 6) is 0.118. The molecule has 1 N–H and O–H groups in total. The first kappa shape index (κ1) is 20.5. The maximum absolute atomic E-state index is 13.3. The van der Waals surface area contributed by atoms with Crippen molar-refractivity contribution in [2.24, 2.45) is 0 Å². The molecule has 0 aliphatic heterocycles. The maximum atomic E-state index is 13.3. The van der Waals surface area contributed by atoms with E-state index in [0.717, 1.165) is 11.1 Å². The minimum atomic E-state index is -0.348. The van der Waals surface area contributed by atoms with E-state index in [-0.39, 0.29) is 16.9 Å². The Balaban J connectivity index is 1.56. The Morgan fingerprint density at radius 3 is 2.55 bits per heavy atom. The summed E-state index contributed by atoms with van der Waals surface area (Å²) in [5.41, 5.74) is 3.31. The fraction of sp³-hybridized carbons (Fsp3) is 0.0741. The van der Waals surface area contributed by atoms with Crippen LogP contribution in [0.3, 0.4) is 0 Å². The van der Waals surface area contributed by atoms with Gasteiger partial charge >= 0.3 is 0 Å². The Hall–Kier alpha value is -4.45. The standard InChI is InChI=1S/C27H21N3O3/c1-18-24(31)21-12-7-13-22(26(21)33-25(18)19-9-3-2-4-10-19)27(32)29-23-14-6-5-11-20(23)17-30-16-8-15-28-30/h2-16H,17H2,1H3,(H,29,32). The highest BCUT2D eigenvalue weighted by Crippen LogP contribution is 2.28. The van der Waals surface area contributed by atoms with Gasteiger partial charge in [0.15, 0.2) is 11.0 Å². The number of carbonyl (C=O) groups is 1. The lowest BCUT2D eigenvalue weighted by Crippen LogP contribution is -2.16. The molecule has 0 bridgehead atoms. The van der Waals surface area contributed by atoms with E-state index in [0.29, 0.717) is 34.5 Å². The van der Waals surface area contributed by atoms with E-state index in [1.807, 2.05) is 66.9 Å². The van der Waals surface area contributed by atoms with E-state index in [1.54, 1.807) is 36.0 Å². The second kappa shape index (κ2) is 8.59. The topological polar surface area (TPSA) is 77.1 Å². The van der Waals surface area contributed by atoms with Gasteiger partial charge in [0.25, 0.3) is 5.91 Å². The quantitative estimate of drug-likeness (QED) is 0.408. The summed E-state index contributed by atoms with van der Waals surface area (Å²) >= 11 is 0. The minimum absolute atomic E-state index is 0.149. The van der Waals surface area contributed by atoms with Crippen LogP contribution >= 0.6 is 0 Å². The third-order valence-corrected chi connectivity index (χ3v) is 5.58. The van der Waals surface area contributed by atoms with Crippen LogP contribution in [0.15, 0.2) is 100 Å². The molecule has 162 valence electrons. The molecule has 5 aromatic rings. The van der Waals surface area contributed by atoms with Crippen molar-refractivity contribution in [2.45, 2.75) is 13.5 Å². The van der Waals surface area contributed by atoms with Crippen molar-refractivity contribution in [3.63, 3.8) is 0 Å². The second-order valence-electron chi connectivity index (χ2n) is 7.75. The lowest BCUT2D eigenvalue weighted by molar-refractivity contribution is 0.102. The molecule has 0 saturated carbocycles. The Bertz CT molecular complexity index is 1500. The fourth-order valence-electron chi connectivity index (χ4n) is 3.89. The first-order valence-corrected chi connectivity index (χ1v) is 10.6. The molecular weight excluding hydrogens is 414 g/mol. The van der Waals surface area contributed by atoms with E-state index in [9.17, 15) is 9.59 Å². The number of nitrogens with zero attached hydrogens (tertiary/aromatic N) is 2. The molecule has 5 rings (SSSR count). The van der Waals surface area contributed by atoms with E-state index in [4.69, 9.17) is 4.42 Å². The zero-order valence-corrected chi connectivity index (χ0v) is 18.0. The number of rotatable bonds is 5. The van der Waals surface area contributed by atoms with Crippen molar-refractivity contribution in [3.8, 4) is 11.3 Å². The van der Waals surface area contributed by atoms with Crippen LogP contribution in [0.5, 0.6) is 0 Å². The summed E-state index contributed by atoms with van der Waals surface area (Å²) in [6.07, 6.45) is 3.58. The van der Waals surface area contributed by atoms with Crippen molar-refractivity contribution in [1.82, 2.24) is 9.78 Å². The summed E-state index contributed by atoms with van der Waals surface area (Å²) in [7, 11) is 0. The molecule has 6 heteroatoms. The highest BCUT2D eigenvalue weighted by atomic mass is 16.3. The smallest absolute Gasteiger partial charge is 0.259 e. The molecule has 33 heavy (non-hydrogen) atoms. The number of fused-ring (bicyclic) bond motifs is 1. The average Bonchev–Trinajstić information content (AvgIpc) is 3.36. The van der Waals surface area contributed by atoms with Gasteiger partial charge in [0, 0.05) is 29.2 Å². The molecule has 6 nitrogen and oxygen atoms in total. The van der Waals surface area contributed by atoms with Crippen LogP contribution in [0.1, 0.15) is 21.5 Å². The number of anilines is 1. The van der Waals surface area contributed by atoms with E-state index in [2.05, 4.69) is 10.4 Å². The van der Waals surface area contributed by atoms with Crippen LogP contribution in [0.4, 0.5) is 5.69 Å². The van der Waals surface area contributed by atoms with Crippen LogP contribution < -0.4 is 10.7 Å². The number of nitrogens with one attached hydrogen (secondary N) is 1. The molecule has 0 atom stereocenters.